The number of hydrogen-bond acceptors (Lipinski definition) is 4. The highest BCUT2D eigenvalue weighted by molar-refractivity contribution is 5.85. The van der Waals surface area contributed by atoms with Crippen LogP contribution in [0.15, 0.2) is 6.07 Å². The van der Waals surface area contributed by atoms with E-state index in [1.54, 1.807) is 4.68 Å². The van der Waals surface area contributed by atoms with Crippen molar-refractivity contribution in [3.8, 4) is 5.88 Å². The van der Waals surface area contributed by atoms with Crippen molar-refractivity contribution in [3.05, 3.63) is 11.8 Å². The van der Waals surface area contributed by atoms with Crippen LogP contribution < -0.4 is 4.74 Å². The lowest BCUT2D eigenvalue weighted by Gasteiger charge is -2.33. The molecule has 3 heterocycles. The molecule has 1 saturated heterocycles. The van der Waals surface area contributed by atoms with Gasteiger partial charge in [-0.1, -0.05) is 0 Å². The molecule has 6 heteroatoms. The second-order valence-corrected chi connectivity index (χ2v) is 4.79. The highest BCUT2D eigenvalue weighted by Crippen LogP contribution is 2.30. The average molecular weight is 252 g/mol. The van der Waals surface area contributed by atoms with Gasteiger partial charge in [0.2, 0.25) is 5.88 Å². The lowest BCUT2D eigenvalue weighted by molar-refractivity contribution is 0.00105. The summed E-state index contributed by atoms with van der Waals surface area (Å²) in [6, 6.07) is 1.51. The van der Waals surface area contributed by atoms with E-state index in [0.29, 0.717) is 11.8 Å². The number of hydrogen-bond donors (Lipinski definition) is 1. The van der Waals surface area contributed by atoms with Gasteiger partial charge < -0.3 is 14.6 Å². The number of fused-ring (bicyclic) bond motifs is 1. The van der Waals surface area contributed by atoms with Gasteiger partial charge in [-0.15, -0.1) is 0 Å². The SMILES string of the molecule is O=C(O)c1cc2n(n1)CCC(C1CCOCC1)O2. The smallest absolute Gasteiger partial charge is 0.356 e. The molecule has 0 aromatic carbocycles. The van der Waals surface area contributed by atoms with Gasteiger partial charge in [0.05, 0.1) is 0 Å². The zero-order valence-corrected chi connectivity index (χ0v) is 10.0. The predicted octanol–water partition coefficient (Wildman–Crippen LogP) is 1.16. The first-order valence-corrected chi connectivity index (χ1v) is 6.29. The predicted molar refractivity (Wildman–Crippen MR) is 61.8 cm³/mol. The molecule has 98 valence electrons. The van der Waals surface area contributed by atoms with Crippen LogP contribution in [0.3, 0.4) is 0 Å². The maximum Gasteiger partial charge on any atom is 0.356 e. The maximum atomic E-state index is 10.9. The molecule has 1 N–H and O–H groups in total. The Morgan fingerprint density at radius 3 is 2.89 bits per heavy atom. The van der Waals surface area contributed by atoms with E-state index >= 15 is 0 Å². The molecule has 0 amide bonds. The first-order valence-electron chi connectivity index (χ1n) is 6.29. The minimum Gasteiger partial charge on any atom is -0.476 e. The fraction of sp³-hybridized carbons (Fsp3) is 0.667. The van der Waals surface area contributed by atoms with Gasteiger partial charge in [-0.3, -0.25) is 0 Å². The zero-order valence-electron chi connectivity index (χ0n) is 10.0. The second kappa shape index (κ2) is 4.61. The van der Waals surface area contributed by atoms with Crippen molar-refractivity contribution in [2.24, 2.45) is 5.92 Å². The van der Waals surface area contributed by atoms with Gasteiger partial charge in [-0.2, -0.15) is 5.10 Å². The van der Waals surface area contributed by atoms with E-state index in [-0.39, 0.29) is 11.8 Å². The highest BCUT2D eigenvalue weighted by atomic mass is 16.5. The molecule has 1 unspecified atom stereocenters. The van der Waals surface area contributed by atoms with Gasteiger partial charge >= 0.3 is 5.97 Å². The first kappa shape index (κ1) is 11.5. The third-order valence-corrected chi connectivity index (χ3v) is 3.65. The van der Waals surface area contributed by atoms with Crippen LogP contribution in [0.2, 0.25) is 0 Å². The first-order chi connectivity index (χ1) is 8.74. The Hall–Kier alpha value is -1.56. The standard InChI is InChI=1S/C12H16N2O4/c15-12(16)9-7-11-14(13-9)4-1-10(18-11)8-2-5-17-6-3-8/h7-8,10H,1-6H2,(H,15,16). The third kappa shape index (κ3) is 2.08. The molecule has 1 fully saturated rings. The largest absolute Gasteiger partial charge is 0.476 e. The molecule has 0 spiro atoms. The van der Waals surface area contributed by atoms with Gasteiger partial charge in [0, 0.05) is 38.2 Å². The maximum absolute atomic E-state index is 10.9. The van der Waals surface area contributed by atoms with Crippen LogP contribution in [-0.2, 0) is 11.3 Å². The Labute approximate surface area is 104 Å². The van der Waals surface area contributed by atoms with Crippen molar-refractivity contribution in [1.29, 1.82) is 0 Å². The molecule has 1 aromatic heterocycles. The molecular formula is C12H16N2O4. The number of aromatic nitrogens is 2. The van der Waals surface area contributed by atoms with Crippen molar-refractivity contribution < 1.29 is 19.4 Å². The van der Waals surface area contributed by atoms with E-state index in [1.807, 2.05) is 0 Å². The number of aryl methyl sites for hydroxylation is 1. The Bertz CT molecular complexity index is 451. The van der Waals surface area contributed by atoms with Crippen molar-refractivity contribution in [2.45, 2.75) is 31.9 Å². The van der Waals surface area contributed by atoms with E-state index < -0.39 is 5.97 Å². The zero-order chi connectivity index (χ0) is 12.5. The fourth-order valence-electron chi connectivity index (χ4n) is 2.64. The van der Waals surface area contributed by atoms with E-state index in [9.17, 15) is 4.79 Å². The quantitative estimate of drug-likeness (QED) is 0.855. The fourth-order valence-corrected chi connectivity index (χ4v) is 2.64. The number of ether oxygens (including phenoxy) is 2. The van der Waals surface area contributed by atoms with Crippen molar-refractivity contribution >= 4 is 5.97 Å². The van der Waals surface area contributed by atoms with Gasteiger partial charge in [0.15, 0.2) is 5.69 Å². The molecule has 1 atom stereocenters. The summed E-state index contributed by atoms with van der Waals surface area (Å²) < 4.78 is 12.9. The Morgan fingerprint density at radius 2 is 2.17 bits per heavy atom. The monoisotopic (exact) mass is 252 g/mol. The summed E-state index contributed by atoms with van der Waals surface area (Å²) in [7, 11) is 0. The Kier molecular flexibility index (Phi) is 2.95. The lowest BCUT2D eigenvalue weighted by atomic mass is 9.91. The van der Waals surface area contributed by atoms with Gasteiger partial charge in [0.1, 0.15) is 6.10 Å². The molecule has 0 radical (unpaired) electrons. The van der Waals surface area contributed by atoms with Crippen molar-refractivity contribution in [3.63, 3.8) is 0 Å². The molecule has 0 saturated carbocycles. The number of carboxylic acids is 1. The van der Waals surface area contributed by atoms with Crippen LogP contribution >= 0.6 is 0 Å². The van der Waals surface area contributed by atoms with E-state index in [4.69, 9.17) is 14.6 Å². The lowest BCUT2D eigenvalue weighted by Crippen LogP contribution is -2.36. The second-order valence-electron chi connectivity index (χ2n) is 4.79. The minimum atomic E-state index is -1.01. The van der Waals surface area contributed by atoms with E-state index in [1.165, 1.54) is 6.07 Å². The Morgan fingerprint density at radius 1 is 1.39 bits per heavy atom. The van der Waals surface area contributed by atoms with Crippen molar-refractivity contribution in [2.75, 3.05) is 13.2 Å². The molecule has 1 aromatic rings. The summed E-state index contributed by atoms with van der Waals surface area (Å²) >= 11 is 0. The molecule has 0 bridgehead atoms. The summed E-state index contributed by atoms with van der Waals surface area (Å²) in [6.45, 7) is 2.32. The van der Waals surface area contributed by atoms with Crippen LogP contribution in [0.5, 0.6) is 5.88 Å². The summed E-state index contributed by atoms with van der Waals surface area (Å²) in [5.41, 5.74) is 0.0534. The molecule has 18 heavy (non-hydrogen) atoms. The minimum absolute atomic E-state index is 0.0534. The number of rotatable bonds is 2. The van der Waals surface area contributed by atoms with Gasteiger partial charge in [0.25, 0.3) is 0 Å². The average Bonchev–Trinajstić information content (AvgIpc) is 2.82. The number of aromatic carboxylic acids is 1. The van der Waals surface area contributed by atoms with Crippen LogP contribution in [0.25, 0.3) is 0 Å². The third-order valence-electron chi connectivity index (χ3n) is 3.65. The van der Waals surface area contributed by atoms with E-state index in [0.717, 1.165) is 39.0 Å². The van der Waals surface area contributed by atoms with Crippen LogP contribution in [-0.4, -0.2) is 40.2 Å². The van der Waals surface area contributed by atoms with Gasteiger partial charge in [-0.25, -0.2) is 9.48 Å². The molecule has 2 aliphatic heterocycles. The molecule has 6 nitrogen and oxygen atoms in total. The van der Waals surface area contributed by atoms with Crippen LogP contribution in [0, 0.1) is 5.92 Å². The number of carbonyl (C=O) groups is 1. The summed E-state index contributed by atoms with van der Waals surface area (Å²) in [4.78, 5) is 10.9. The molecule has 2 aliphatic rings. The Balaban J connectivity index is 1.73. The van der Waals surface area contributed by atoms with E-state index in [2.05, 4.69) is 5.10 Å². The summed E-state index contributed by atoms with van der Waals surface area (Å²) in [5.74, 6) is 0.0777. The normalized spacial score (nSPS) is 24.3. The number of nitrogens with zero attached hydrogens (tertiary/aromatic N) is 2. The number of carboxylic acid groups (broad SMARTS) is 1. The van der Waals surface area contributed by atoms with Gasteiger partial charge in [-0.05, 0) is 12.8 Å². The molecular weight excluding hydrogens is 236 g/mol. The molecule has 0 aliphatic carbocycles. The van der Waals surface area contributed by atoms with Crippen LogP contribution in [0.1, 0.15) is 29.8 Å². The summed E-state index contributed by atoms with van der Waals surface area (Å²) in [6.07, 6.45) is 3.09. The summed E-state index contributed by atoms with van der Waals surface area (Å²) in [5, 5.41) is 12.9. The molecule has 3 rings (SSSR count). The highest BCUT2D eigenvalue weighted by Gasteiger charge is 2.30. The van der Waals surface area contributed by atoms with Crippen molar-refractivity contribution in [1.82, 2.24) is 9.78 Å². The topological polar surface area (TPSA) is 73.6 Å². The van der Waals surface area contributed by atoms with Crippen LogP contribution in [0.4, 0.5) is 0 Å².